The van der Waals surface area contributed by atoms with Crippen molar-refractivity contribution in [1.82, 2.24) is 9.97 Å². The van der Waals surface area contributed by atoms with Crippen LogP contribution in [0.15, 0.2) is 18.3 Å². The number of benzene rings is 1. The van der Waals surface area contributed by atoms with Crippen LogP contribution in [0, 0.1) is 24.0 Å². The minimum atomic E-state index is -0.541. The first-order valence-electron chi connectivity index (χ1n) is 5.77. The molecule has 0 amide bonds. The van der Waals surface area contributed by atoms with Crippen molar-refractivity contribution in [3.63, 3.8) is 0 Å². The van der Waals surface area contributed by atoms with E-state index in [9.17, 15) is 10.1 Å². The first-order chi connectivity index (χ1) is 9.45. The van der Waals surface area contributed by atoms with E-state index in [1.54, 1.807) is 6.07 Å². The predicted octanol–water partition coefficient (Wildman–Crippen LogP) is 3.33. The molecular formula is C13H12ClN3O3. The van der Waals surface area contributed by atoms with Gasteiger partial charge in [0.05, 0.1) is 12.0 Å². The van der Waals surface area contributed by atoms with Gasteiger partial charge in [-0.25, -0.2) is 9.97 Å². The summed E-state index contributed by atoms with van der Waals surface area (Å²) in [6.07, 6.45) is 1.10. The maximum atomic E-state index is 11.1. The lowest BCUT2D eigenvalue weighted by Gasteiger charge is -2.13. The molecule has 2 aromatic rings. The van der Waals surface area contributed by atoms with Gasteiger partial charge in [0.15, 0.2) is 5.69 Å². The van der Waals surface area contributed by atoms with E-state index in [4.69, 9.17) is 16.3 Å². The van der Waals surface area contributed by atoms with Gasteiger partial charge in [-0.15, -0.1) is 0 Å². The summed E-state index contributed by atoms with van der Waals surface area (Å²) in [7, 11) is 1.51. The van der Waals surface area contributed by atoms with E-state index in [0.29, 0.717) is 11.3 Å². The fourth-order valence-corrected chi connectivity index (χ4v) is 2.06. The second kappa shape index (κ2) is 5.42. The lowest BCUT2D eigenvalue weighted by atomic mass is 10.0. The van der Waals surface area contributed by atoms with Gasteiger partial charge < -0.3 is 4.74 Å². The van der Waals surface area contributed by atoms with Crippen LogP contribution in [0.5, 0.6) is 5.75 Å². The van der Waals surface area contributed by atoms with Crippen LogP contribution >= 0.6 is 11.6 Å². The fraction of sp³-hybridized carbons (Fsp3) is 0.231. The van der Waals surface area contributed by atoms with Gasteiger partial charge in [-0.2, -0.15) is 0 Å². The summed E-state index contributed by atoms with van der Waals surface area (Å²) in [4.78, 5) is 18.2. The highest BCUT2D eigenvalue weighted by Gasteiger charge is 2.22. The number of hydrogen-bond donors (Lipinski definition) is 0. The monoisotopic (exact) mass is 293 g/mol. The highest BCUT2D eigenvalue weighted by molar-refractivity contribution is 6.28. The van der Waals surface area contributed by atoms with Crippen LogP contribution in [-0.2, 0) is 0 Å². The van der Waals surface area contributed by atoms with E-state index in [-0.39, 0.29) is 16.7 Å². The van der Waals surface area contributed by atoms with Crippen LogP contribution in [0.4, 0.5) is 5.69 Å². The molecule has 0 saturated heterocycles. The fourth-order valence-electron chi connectivity index (χ4n) is 1.93. The third kappa shape index (κ3) is 2.42. The minimum absolute atomic E-state index is 0.0501. The average molecular weight is 294 g/mol. The van der Waals surface area contributed by atoms with Gasteiger partial charge in [0.25, 0.3) is 0 Å². The molecule has 0 spiro atoms. The van der Waals surface area contributed by atoms with E-state index < -0.39 is 4.92 Å². The summed E-state index contributed by atoms with van der Waals surface area (Å²) in [5.74, 6) is 0.544. The Morgan fingerprint density at radius 2 is 2.05 bits per heavy atom. The molecule has 6 nitrogen and oxygen atoms in total. The van der Waals surface area contributed by atoms with Crippen LogP contribution in [0.1, 0.15) is 11.1 Å². The zero-order valence-corrected chi connectivity index (χ0v) is 11.9. The Morgan fingerprint density at radius 1 is 1.35 bits per heavy atom. The molecule has 1 heterocycles. The Kier molecular flexibility index (Phi) is 3.85. The van der Waals surface area contributed by atoms with Crippen molar-refractivity contribution in [2.45, 2.75) is 13.8 Å². The summed E-state index contributed by atoms with van der Waals surface area (Å²) in [5.41, 5.74) is 2.37. The number of halogens is 1. The first kappa shape index (κ1) is 14.2. The van der Waals surface area contributed by atoms with Gasteiger partial charge in [-0.3, -0.25) is 10.1 Å². The molecule has 0 atom stereocenters. The summed E-state index contributed by atoms with van der Waals surface area (Å²) in [6, 6.07) is 3.58. The smallest absolute Gasteiger partial charge is 0.313 e. The molecule has 0 fully saturated rings. The molecule has 0 aliphatic heterocycles. The molecule has 0 aliphatic carbocycles. The summed E-state index contributed by atoms with van der Waals surface area (Å²) < 4.78 is 5.36. The van der Waals surface area contributed by atoms with Crippen LogP contribution in [-0.4, -0.2) is 22.0 Å². The maximum absolute atomic E-state index is 11.1. The van der Waals surface area contributed by atoms with Crippen LogP contribution in [0.2, 0.25) is 5.28 Å². The molecule has 2 rings (SSSR count). The van der Waals surface area contributed by atoms with E-state index >= 15 is 0 Å². The van der Waals surface area contributed by atoms with Crippen LogP contribution in [0.3, 0.4) is 0 Å². The molecule has 104 valence electrons. The molecule has 1 aromatic heterocycles. The van der Waals surface area contributed by atoms with E-state index in [1.165, 1.54) is 7.11 Å². The second-order valence-electron chi connectivity index (χ2n) is 4.22. The average Bonchev–Trinajstić information content (AvgIpc) is 2.41. The Bertz CT molecular complexity index is 689. The third-order valence-corrected chi connectivity index (χ3v) is 3.25. The summed E-state index contributed by atoms with van der Waals surface area (Å²) in [5, 5.41) is 11.0. The number of aromatic nitrogens is 2. The molecule has 0 saturated carbocycles. The number of rotatable bonds is 3. The number of nitro groups is 1. The Hall–Kier alpha value is -2.21. The standard InChI is InChI=1S/C13H12ClN3O3/c1-7-4-5-9(12(20-3)8(7)2)11-10(17(18)19)6-15-13(14)16-11/h4-6H,1-3H3. The third-order valence-electron chi connectivity index (χ3n) is 3.07. The van der Waals surface area contributed by atoms with Gasteiger partial charge in [-0.05, 0) is 42.6 Å². The van der Waals surface area contributed by atoms with Gasteiger partial charge in [-0.1, -0.05) is 6.07 Å². The number of methoxy groups -OCH3 is 1. The Morgan fingerprint density at radius 3 is 2.65 bits per heavy atom. The predicted molar refractivity (Wildman–Crippen MR) is 75.2 cm³/mol. The summed E-state index contributed by atoms with van der Waals surface area (Å²) in [6.45, 7) is 3.81. The first-order valence-corrected chi connectivity index (χ1v) is 6.15. The van der Waals surface area contributed by atoms with Crippen molar-refractivity contribution in [3.05, 3.63) is 44.9 Å². The largest absolute Gasteiger partial charge is 0.496 e. The van der Waals surface area contributed by atoms with Crippen molar-refractivity contribution < 1.29 is 9.66 Å². The Balaban J connectivity index is 2.77. The highest BCUT2D eigenvalue weighted by atomic mass is 35.5. The van der Waals surface area contributed by atoms with E-state index in [0.717, 1.165) is 17.3 Å². The van der Waals surface area contributed by atoms with Gasteiger partial charge >= 0.3 is 5.69 Å². The number of hydrogen-bond acceptors (Lipinski definition) is 5. The SMILES string of the molecule is COc1c(-c2nc(Cl)ncc2[N+](=O)[O-])ccc(C)c1C. The lowest BCUT2D eigenvalue weighted by molar-refractivity contribution is -0.384. The number of ether oxygens (including phenoxy) is 1. The molecule has 0 radical (unpaired) electrons. The molecule has 0 N–H and O–H groups in total. The maximum Gasteiger partial charge on any atom is 0.313 e. The minimum Gasteiger partial charge on any atom is -0.496 e. The molecule has 0 aliphatic rings. The van der Waals surface area contributed by atoms with Gasteiger partial charge in [0.2, 0.25) is 5.28 Å². The van der Waals surface area contributed by atoms with Gasteiger partial charge in [0.1, 0.15) is 11.9 Å². The molecule has 1 aromatic carbocycles. The molecule has 7 heteroatoms. The van der Waals surface area contributed by atoms with Crippen molar-refractivity contribution >= 4 is 17.3 Å². The topological polar surface area (TPSA) is 78.2 Å². The van der Waals surface area contributed by atoms with E-state index in [1.807, 2.05) is 19.9 Å². The van der Waals surface area contributed by atoms with Crippen molar-refractivity contribution in [3.8, 4) is 17.0 Å². The van der Waals surface area contributed by atoms with Crippen molar-refractivity contribution in [2.24, 2.45) is 0 Å². The van der Waals surface area contributed by atoms with Crippen LogP contribution in [0.25, 0.3) is 11.3 Å². The van der Waals surface area contributed by atoms with Crippen molar-refractivity contribution in [1.29, 1.82) is 0 Å². The molecule has 0 bridgehead atoms. The zero-order valence-electron chi connectivity index (χ0n) is 11.2. The normalized spacial score (nSPS) is 10.4. The molecule has 0 unspecified atom stereocenters. The van der Waals surface area contributed by atoms with Crippen LogP contribution < -0.4 is 4.74 Å². The summed E-state index contributed by atoms with van der Waals surface area (Å²) >= 11 is 5.75. The lowest BCUT2D eigenvalue weighted by Crippen LogP contribution is -2.00. The molecular weight excluding hydrogens is 282 g/mol. The number of aryl methyl sites for hydroxylation is 1. The van der Waals surface area contributed by atoms with E-state index in [2.05, 4.69) is 9.97 Å². The molecule has 20 heavy (non-hydrogen) atoms. The quantitative estimate of drug-likeness (QED) is 0.493. The Labute approximate surface area is 120 Å². The number of nitrogens with zero attached hydrogens (tertiary/aromatic N) is 3. The second-order valence-corrected chi connectivity index (χ2v) is 4.56. The zero-order chi connectivity index (χ0) is 14.9. The highest BCUT2D eigenvalue weighted by Crippen LogP contribution is 2.37. The van der Waals surface area contributed by atoms with Gasteiger partial charge in [0, 0.05) is 5.56 Å². The van der Waals surface area contributed by atoms with Crippen molar-refractivity contribution in [2.75, 3.05) is 7.11 Å².